The SMILES string of the molecule is O=C(Oc1ccc2c(c1)OCO2)c1ccc(F)c(F)c1. The zero-order valence-electron chi connectivity index (χ0n) is 10.1. The number of esters is 1. The van der Waals surface area contributed by atoms with E-state index < -0.39 is 17.6 Å². The van der Waals surface area contributed by atoms with Gasteiger partial charge in [0.15, 0.2) is 23.1 Å². The van der Waals surface area contributed by atoms with Crippen molar-refractivity contribution in [2.45, 2.75) is 0 Å². The molecule has 1 heterocycles. The normalized spacial score (nSPS) is 12.3. The van der Waals surface area contributed by atoms with Crippen LogP contribution < -0.4 is 14.2 Å². The number of rotatable bonds is 2. The van der Waals surface area contributed by atoms with Gasteiger partial charge in [-0.05, 0) is 30.3 Å². The molecule has 1 aliphatic rings. The number of fused-ring (bicyclic) bond motifs is 1. The van der Waals surface area contributed by atoms with Crippen molar-refractivity contribution < 1.29 is 27.8 Å². The van der Waals surface area contributed by atoms with Crippen LogP contribution in [0.4, 0.5) is 8.78 Å². The van der Waals surface area contributed by atoms with E-state index in [2.05, 4.69) is 0 Å². The minimum absolute atomic E-state index is 0.0819. The molecule has 0 unspecified atom stereocenters. The Kier molecular flexibility index (Phi) is 2.98. The van der Waals surface area contributed by atoms with Gasteiger partial charge in [0.25, 0.3) is 0 Å². The molecule has 0 atom stereocenters. The number of hydrogen-bond acceptors (Lipinski definition) is 4. The highest BCUT2D eigenvalue weighted by Crippen LogP contribution is 2.35. The van der Waals surface area contributed by atoms with Crippen LogP contribution in [0.3, 0.4) is 0 Å². The summed E-state index contributed by atoms with van der Waals surface area (Å²) in [6, 6.07) is 7.39. The maximum atomic E-state index is 13.0. The average Bonchev–Trinajstić information content (AvgIpc) is 2.89. The van der Waals surface area contributed by atoms with Crippen LogP contribution in [-0.2, 0) is 0 Å². The summed E-state index contributed by atoms with van der Waals surface area (Å²) in [6.45, 7) is 0.107. The quantitative estimate of drug-likeness (QED) is 0.626. The standard InChI is InChI=1S/C14H8F2O4/c15-10-3-1-8(5-11(10)16)14(17)20-9-2-4-12-13(6-9)19-7-18-12/h1-6H,7H2. The third-order valence-electron chi connectivity index (χ3n) is 2.71. The van der Waals surface area contributed by atoms with Crippen LogP contribution in [0.5, 0.6) is 17.2 Å². The lowest BCUT2D eigenvalue weighted by molar-refractivity contribution is 0.0734. The first-order valence-electron chi connectivity index (χ1n) is 5.70. The van der Waals surface area contributed by atoms with Gasteiger partial charge in [-0.2, -0.15) is 0 Å². The number of carbonyl (C=O) groups excluding carboxylic acids is 1. The van der Waals surface area contributed by atoms with Crippen molar-refractivity contribution in [2.75, 3.05) is 6.79 Å². The van der Waals surface area contributed by atoms with Gasteiger partial charge in [0.1, 0.15) is 5.75 Å². The van der Waals surface area contributed by atoms with E-state index in [1.165, 1.54) is 12.1 Å². The molecule has 2 aromatic carbocycles. The highest BCUT2D eigenvalue weighted by atomic mass is 19.2. The lowest BCUT2D eigenvalue weighted by Gasteiger charge is -2.05. The molecule has 0 fully saturated rings. The summed E-state index contributed by atoms with van der Waals surface area (Å²) in [6.07, 6.45) is 0. The highest BCUT2D eigenvalue weighted by Gasteiger charge is 2.16. The average molecular weight is 278 g/mol. The molecule has 0 aromatic heterocycles. The monoisotopic (exact) mass is 278 g/mol. The summed E-state index contributed by atoms with van der Waals surface area (Å²) >= 11 is 0. The van der Waals surface area contributed by atoms with Crippen LogP contribution in [0.1, 0.15) is 10.4 Å². The van der Waals surface area contributed by atoms with Gasteiger partial charge in [0.05, 0.1) is 5.56 Å². The molecule has 4 nitrogen and oxygen atoms in total. The summed E-state index contributed by atoms with van der Waals surface area (Å²) in [4.78, 5) is 11.8. The Morgan fingerprint density at radius 1 is 1.00 bits per heavy atom. The van der Waals surface area contributed by atoms with E-state index in [-0.39, 0.29) is 18.1 Å². The van der Waals surface area contributed by atoms with Crippen molar-refractivity contribution in [3.8, 4) is 17.2 Å². The van der Waals surface area contributed by atoms with Crippen molar-refractivity contribution in [1.29, 1.82) is 0 Å². The second kappa shape index (κ2) is 4.80. The van der Waals surface area contributed by atoms with Crippen LogP contribution in [-0.4, -0.2) is 12.8 Å². The molecule has 0 amide bonds. The number of halogens is 2. The first-order chi connectivity index (χ1) is 9.63. The maximum Gasteiger partial charge on any atom is 0.343 e. The van der Waals surface area contributed by atoms with E-state index >= 15 is 0 Å². The van der Waals surface area contributed by atoms with Gasteiger partial charge in [-0.3, -0.25) is 0 Å². The molecule has 0 radical (unpaired) electrons. The fourth-order valence-corrected chi connectivity index (χ4v) is 1.73. The van der Waals surface area contributed by atoms with Crippen molar-refractivity contribution in [3.05, 3.63) is 53.6 Å². The van der Waals surface area contributed by atoms with E-state index in [1.807, 2.05) is 0 Å². The molecule has 20 heavy (non-hydrogen) atoms. The topological polar surface area (TPSA) is 44.8 Å². The third kappa shape index (κ3) is 2.27. The Morgan fingerprint density at radius 2 is 1.80 bits per heavy atom. The molecule has 102 valence electrons. The molecule has 1 aliphatic heterocycles. The van der Waals surface area contributed by atoms with Gasteiger partial charge in [0, 0.05) is 6.07 Å². The van der Waals surface area contributed by atoms with E-state index in [0.717, 1.165) is 18.2 Å². The van der Waals surface area contributed by atoms with E-state index in [0.29, 0.717) is 11.5 Å². The lowest BCUT2D eigenvalue weighted by atomic mass is 10.2. The minimum atomic E-state index is -1.11. The molecular formula is C14H8F2O4. The molecule has 0 saturated heterocycles. The third-order valence-corrected chi connectivity index (χ3v) is 2.71. The van der Waals surface area contributed by atoms with Crippen LogP contribution in [0.25, 0.3) is 0 Å². The van der Waals surface area contributed by atoms with E-state index in [4.69, 9.17) is 14.2 Å². The number of carbonyl (C=O) groups is 1. The number of hydrogen-bond donors (Lipinski definition) is 0. The maximum absolute atomic E-state index is 13.0. The van der Waals surface area contributed by atoms with Crippen molar-refractivity contribution in [3.63, 3.8) is 0 Å². The largest absolute Gasteiger partial charge is 0.454 e. The van der Waals surface area contributed by atoms with Crippen molar-refractivity contribution >= 4 is 5.97 Å². The van der Waals surface area contributed by atoms with Crippen LogP contribution >= 0.6 is 0 Å². The molecule has 0 aliphatic carbocycles. The molecule has 3 rings (SSSR count). The van der Waals surface area contributed by atoms with Gasteiger partial charge < -0.3 is 14.2 Å². The molecular weight excluding hydrogens is 270 g/mol. The van der Waals surface area contributed by atoms with Gasteiger partial charge in [0.2, 0.25) is 6.79 Å². The summed E-state index contributed by atoms with van der Waals surface area (Å²) in [5.74, 6) is -1.68. The van der Waals surface area contributed by atoms with Crippen LogP contribution in [0.2, 0.25) is 0 Å². The summed E-state index contributed by atoms with van der Waals surface area (Å²) < 4.78 is 41.1. The smallest absolute Gasteiger partial charge is 0.343 e. The van der Waals surface area contributed by atoms with Crippen molar-refractivity contribution in [1.82, 2.24) is 0 Å². The predicted molar refractivity (Wildman–Crippen MR) is 63.9 cm³/mol. The van der Waals surface area contributed by atoms with E-state index in [1.54, 1.807) is 6.07 Å². The van der Waals surface area contributed by atoms with Crippen LogP contribution in [0, 0.1) is 11.6 Å². The Morgan fingerprint density at radius 3 is 2.60 bits per heavy atom. The van der Waals surface area contributed by atoms with Gasteiger partial charge in [-0.25, -0.2) is 13.6 Å². The molecule has 0 N–H and O–H groups in total. The fraction of sp³-hybridized carbons (Fsp3) is 0.0714. The van der Waals surface area contributed by atoms with E-state index in [9.17, 15) is 13.6 Å². The second-order valence-corrected chi connectivity index (χ2v) is 4.03. The molecule has 0 saturated carbocycles. The second-order valence-electron chi connectivity index (χ2n) is 4.03. The van der Waals surface area contributed by atoms with Gasteiger partial charge >= 0.3 is 5.97 Å². The Bertz CT molecular complexity index is 685. The van der Waals surface area contributed by atoms with Crippen LogP contribution in [0.15, 0.2) is 36.4 Å². The molecule has 6 heteroatoms. The minimum Gasteiger partial charge on any atom is -0.454 e. The molecule has 2 aromatic rings. The fourth-order valence-electron chi connectivity index (χ4n) is 1.73. The highest BCUT2D eigenvalue weighted by molar-refractivity contribution is 5.91. The first-order valence-corrected chi connectivity index (χ1v) is 5.70. The Hall–Kier alpha value is -2.63. The molecule has 0 spiro atoms. The summed E-state index contributed by atoms with van der Waals surface area (Å²) in [5.41, 5.74) is -0.0819. The Balaban J connectivity index is 1.80. The number of benzene rings is 2. The number of ether oxygens (including phenoxy) is 3. The Labute approximate surface area is 112 Å². The lowest BCUT2D eigenvalue weighted by Crippen LogP contribution is -2.09. The summed E-state index contributed by atoms with van der Waals surface area (Å²) in [5, 5.41) is 0. The zero-order valence-corrected chi connectivity index (χ0v) is 10.1. The van der Waals surface area contributed by atoms with Gasteiger partial charge in [-0.15, -0.1) is 0 Å². The predicted octanol–water partition coefficient (Wildman–Crippen LogP) is 2.91. The van der Waals surface area contributed by atoms with Gasteiger partial charge in [-0.1, -0.05) is 0 Å². The first kappa shape index (κ1) is 12.4. The zero-order chi connectivity index (χ0) is 14.1. The van der Waals surface area contributed by atoms with Crippen molar-refractivity contribution in [2.24, 2.45) is 0 Å². The molecule has 0 bridgehead atoms. The summed E-state index contributed by atoms with van der Waals surface area (Å²) in [7, 11) is 0.